The van der Waals surface area contributed by atoms with E-state index < -0.39 is 0 Å². The number of allylic oxidation sites excluding steroid dienone is 1. The third-order valence-electron chi connectivity index (χ3n) is 3.88. The number of amides is 1. The number of halogens is 2. The molecule has 1 heterocycles. The fourth-order valence-electron chi connectivity index (χ4n) is 2.51. The molecule has 5 nitrogen and oxygen atoms in total. The molecule has 3 rings (SSSR count). The van der Waals surface area contributed by atoms with Crippen LogP contribution in [0.2, 0.25) is 5.02 Å². The molecule has 0 spiro atoms. The van der Waals surface area contributed by atoms with Crippen LogP contribution in [0.3, 0.4) is 0 Å². The van der Waals surface area contributed by atoms with Crippen LogP contribution in [0.1, 0.15) is 5.56 Å². The van der Waals surface area contributed by atoms with Crippen molar-refractivity contribution in [2.24, 2.45) is 0 Å². The fourth-order valence-corrected chi connectivity index (χ4v) is 3.42. The molecule has 2 aromatic carbocycles. The van der Waals surface area contributed by atoms with Crippen LogP contribution >= 0.6 is 23.4 Å². The molecule has 0 saturated heterocycles. The molecule has 1 N–H and O–H groups in total. The second kappa shape index (κ2) is 9.52. The Bertz CT molecular complexity index is 975. The smallest absolute Gasteiger partial charge is 0.230 e. The maximum Gasteiger partial charge on any atom is 0.230 e. The zero-order valence-electron chi connectivity index (χ0n) is 14.9. The normalized spacial score (nSPS) is 10.6. The van der Waals surface area contributed by atoms with Gasteiger partial charge in [-0.15, -0.1) is 16.8 Å². The largest absolute Gasteiger partial charge is 0.351 e. The van der Waals surface area contributed by atoms with Crippen molar-refractivity contribution in [1.82, 2.24) is 20.1 Å². The van der Waals surface area contributed by atoms with Gasteiger partial charge < -0.3 is 5.32 Å². The van der Waals surface area contributed by atoms with E-state index in [1.54, 1.807) is 41.0 Å². The lowest BCUT2D eigenvalue weighted by atomic mass is 10.2. The first-order chi connectivity index (χ1) is 13.6. The number of carbonyl (C=O) groups excluding carboxylic acids is 1. The number of aromatic nitrogens is 3. The summed E-state index contributed by atoms with van der Waals surface area (Å²) >= 11 is 7.09. The predicted molar refractivity (Wildman–Crippen MR) is 110 cm³/mol. The summed E-state index contributed by atoms with van der Waals surface area (Å²) in [5, 5.41) is 12.3. The minimum absolute atomic E-state index is 0.138. The van der Waals surface area contributed by atoms with Gasteiger partial charge in [-0.2, -0.15) is 0 Å². The van der Waals surface area contributed by atoms with Gasteiger partial charge >= 0.3 is 0 Å². The first kappa shape index (κ1) is 20.1. The van der Waals surface area contributed by atoms with Crippen molar-refractivity contribution in [2.75, 3.05) is 5.75 Å². The van der Waals surface area contributed by atoms with Crippen LogP contribution in [0.4, 0.5) is 4.39 Å². The molecule has 0 fully saturated rings. The Balaban J connectivity index is 1.65. The average molecular weight is 417 g/mol. The van der Waals surface area contributed by atoms with Gasteiger partial charge in [0, 0.05) is 18.1 Å². The van der Waals surface area contributed by atoms with E-state index in [1.807, 2.05) is 12.1 Å². The molecule has 0 aliphatic carbocycles. The molecule has 0 unspecified atom stereocenters. The quantitative estimate of drug-likeness (QED) is 0.438. The molecule has 0 aliphatic heterocycles. The number of carbonyl (C=O) groups is 1. The van der Waals surface area contributed by atoms with E-state index in [0.717, 1.165) is 5.56 Å². The minimum Gasteiger partial charge on any atom is -0.351 e. The maximum absolute atomic E-state index is 14.1. The van der Waals surface area contributed by atoms with Gasteiger partial charge in [0.25, 0.3) is 0 Å². The summed E-state index contributed by atoms with van der Waals surface area (Å²) in [5.41, 5.74) is 1.32. The Labute approximate surface area is 171 Å². The van der Waals surface area contributed by atoms with Crippen molar-refractivity contribution in [3.63, 3.8) is 0 Å². The molecular weight excluding hydrogens is 399 g/mol. The molecule has 144 valence electrons. The Morgan fingerprint density at radius 1 is 1.21 bits per heavy atom. The molecule has 0 aliphatic rings. The van der Waals surface area contributed by atoms with Gasteiger partial charge in [-0.25, -0.2) is 4.39 Å². The molecule has 0 radical (unpaired) electrons. The van der Waals surface area contributed by atoms with Gasteiger partial charge in [-0.3, -0.25) is 9.36 Å². The van der Waals surface area contributed by atoms with Gasteiger partial charge in [0.2, 0.25) is 5.91 Å². The van der Waals surface area contributed by atoms with Crippen molar-refractivity contribution in [2.45, 2.75) is 18.2 Å². The van der Waals surface area contributed by atoms with Crippen LogP contribution in [0.5, 0.6) is 0 Å². The Kier molecular flexibility index (Phi) is 6.84. The van der Waals surface area contributed by atoms with Gasteiger partial charge in [0.15, 0.2) is 11.0 Å². The van der Waals surface area contributed by atoms with E-state index in [0.29, 0.717) is 34.7 Å². The van der Waals surface area contributed by atoms with Crippen molar-refractivity contribution < 1.29 is 9.18 Å². The summed E-state index contributed by atoms with van der Waals surface area (Å²) in [6.45, 7) is 4.55. The van der Waals surface area contributed by atoms with E-state index in [9.17, 15) is 9.18 Å². The monoisotopic (exact) mass is 416 g/mol. The van der Waals surface area contributed by atoms with Crippen LogP contribution < -0.4 is 5.32 Å². The summed E-state index contributed by atoms with van der Waals surface area (Å²) in [6.07, 6.45) is 1.68. The van der Waals surface area contributed by atoms with Crippen LogP contribution in [-0.4, -0.2) is 26.4 Å². The topological polar surface area (TPSA) is 59.8 Å². The number of rotatable bonds is 8. The number of nitrogens with one attached hydrogen (secondary N) is 1. The lowest BCUT2D eigenvalue weighted by Crippen LogP contribution is -2.24. The van der Waals surface area contributed by atoms with Gasteiger partial charge in [-0.1, -0.05) is 53.7 Å². The van der Waals surface area contributed by atoms with E-state index >= 15 is 0 Å². The summed E-state index contributed by atoms with van der Waals surface area (Å²) in [4.78, 5) is 12.2. The first-order valence-corrected chi connectivity index (χ1v) is 9.87. The van der Waals surface area contributed by atoms with E-state index in [2.05, 4.69) is 22.1 Å². The van der Waals surface area contributed by atoms with E-state index in [4.69, 9.17) is 11.6 Å². The zero-order chi connectivity index (χ0) is 19.9. The lowest BCUT2D eigenvalue weighted by Gasteiger charge is -2.09. The molecule has 8 heteroatoms. The van der Waals surface area contributed by atoms with E-state index in [-0.39, 0.29) is 17.5 Å². The number of thioether (sulfide) groups is 1. The Hall–Kier alpha value is -2.64. The van der Waals surface area contributed by atoms with E-state index in [1.165, 1.54) is 17.8 Å². The van der Waals surface area contributed by atoms with Gasteiger partial charge in [0.05, 0.1) is 11.3 Å². The number of benzene rings is 2. The molecule has 0 bridgehead atoms. The van der Waals surface area contributed by atoms with Crippen molar-refractivity contribution >= 4 is 29.3 Å². The van der Waals surface area contributed by atoms with Crippen molar-refractivity contribution in [1.29, 1.82) is 0 Å². The predicted octanol–water partition coefficient (Wildman–Crippen LogP) is 4.33. The van der Waals surface area contributed by atoms with Gasteiger partial charge in [-0.05, 0) is 29.8 Å². The molecule has 0 saturated carbocycles. The summed E-state index contributed by atoms with van der Waals surface area (Å²) < 4.78 is 15.9. The highest BCUT2D eigenvalue weighted by atomic mass is 35.5. The highest BCUT2D eigenvalue weighted by molar-refractivity contribution is 7.99. The minimum atomic E-state index is -0.377. The molecule has 0 atom stereocenters. The third-order valence-corrected chi connectivity index (χ3v) is 5.10. The first-order valence-electron chi connectivity index (χ1n) is 8.51. The van der Waals surface area contributed by atoms with Gasteiger partial charge in [0.1, 0.15) is 5.82 Å². The summed E-state index contributed by atoms with van der Waals surface area (Å²) in [5.74, 6) is 0.0558. The Morgan fingerprint density at radius 3 is 2.68 bits per heavy atom. The molecule has 1 aromatic heterocycles. The zero-order valence-corrected chi connectivity index (χ0v) is 16.5. The number of hydrogen-bond donors (Lipinski definition) is 1. The van der Waals surface area contributed by atoms with Crippen LogP contribution in [-0.2, 0) is 17.9 Å². The van der Waals surface area contributed by atoms with Crippen molar-refractivity contribution in [3.8, 4) is 11.4 Å². The second-order valence-corrected chi connectivity index (χ2v) is 7.26. The molecule has 3 aromatic rings. The highest BCUT2D eigenvalue weighted by Gasteiger charge is 2.17. The summed E-state index contributed by atoms with van der Waals surface area (Å²) in [6, 6.07) is 13.6. The molecule has 1 amide bonds. The summed E-state index contributed by atoms with van der Waals surface area (Å²) in [7, 11) is 0. The Morgan fingerprint density at radius 2 is 1.96 bits per heavy atom. The third kappa shape index (κ3) is 4.99. The molecule has 28 heavy (non-hydrogen) atoms. The van der Waals surface area contributed by atoms with Crippen LogP contribution in [0.15, 0.2) is 66.3 Å². The van der Waals surface area contributed by atoms with Crippen LogP contribution in [0.25, 0.3) is 11.4 Å². The lowest BCUT2D eigenvalue weighted by molar-refractivity contribution is -0.118. The number of nitrogens with zero attached hydrogens (tertiary/aromatic N) is 3. The second-order valence-electron chi connectivity index (χ2n) is 5.88. The van der Waals surface area contributed by atoms with Crippen molar-refractivity contribution in [3.05, 3.63) is 77.6 Å². The SMILES string of the molecule is C=CCn1c(SCC(=O)NCc2ccc(Cl)cc2)nnc1-c1ccccc1F. The fraction of sp³-hybridized carbons (Fsp3) is 0.150. The standard InChI is InChI=1S/C20H18ClFN4OS/c1-2-11-26-19(16-5-3-4-6-17(16)22)24-25-20(26)28-13-18(27)23-12-14-7-9-15(21)10-8-14/h2-10H,1,11-13H2,(H,23,27). The number of hydrogen-bond acceptors (Lipinski definition) is 4. The average Bonchev–Trinajstić information content (AvgIpc) is 3.09. The maximum atomic E-state index is 14.1. The molecular formula is C20H18ClFN4OS. The highest BCUT2D eigenvalue weighted by Crippen LogP contribution is 2.25. The van der Waals surface area contributed by atoms with Crippen LogP contribution in [0, 0.1) is 5.82 Å².